The highest BCUT2D eigenvalue weighted by atomic mass is 19.2. The lowest BCUT2D eigenvalue weighted by Gasteiger charge is -2.06. The minimum atomic E-state index is -0.954. The zero-order chi connectivity index (χ0) is 11.4. The molecule has 0 amide bonds. The normalized spacial score (nSPS) is 10.4. The molecule has 0 fully saturated rings. The first-order chi connectivity index (χ1) is 7.04. The number of hydrogen-bond acceptors (Lipinski definition) is 2. The molecule has 82 valence electrons. The minimum absolute atomic E-state index is 0.0783. The molecular weight excluding hydrogens is 202 g/mol. The van der Waals surface area contributed by atoms with Crippen LogP contribution in [0, 0.1) is 11.6 Å². The molecule has 0 atom stereocenters. The molecule has 0 saturated heterocycles. The van der Waals surface area contributed by atoms with Gasteiger partial charge < -0.3 is 4.74 Å². The molecule has 0 bridgehead atoms. The molecule has 0 radical (unpaired) electrons. The maximum atomic E-state index is 13.2. The van der Waals surface area contributed by atoms with Gasteiger partial charge in [0.1, 0.15) is 5.78 Å². The second-order valence-corrected chi connectivity index (χ2v) is 3.36. The summed E-state index contributed by atoms with van der Waals surface area (Å²) in [6, 6.07) is 2.52. The van der Waals surface area contributed by atoms with E-state index < -0.39 is 11.6 Å². The Morgan fingerprint density at radius 3 is 2.60 bits per heavy atom. The van der Waals surface area contributed by atoms with Crippen LogP contribution in [0.5, 0.6) is 0 Å². The summed E-state index contributed by atoms with van der Waals surface area (Å²) in [5, 5.41) is 0. The van der Waals surface area contributed by atoms with Gasteiger partial charge in [-0.15, -0.1) is 0 Å². The van der Waals surface area contributed by atoms with Crippen LogP contribution in [0.25, 0.3) is 0 Å². The quantitative estimate of drug-likeness (QED) is 0.768. The first kappa shape index (κ1) is 11.8. The monoisotopic (exact) mass is 214 g/mol. The van der Waals surface area contributed by atoms with Gasteiger partial charge in [0.2, 0.25) is 0 Å². The second kappa shape index (κ2) is 4.98. The van der Waals surface area contributed by atoms with Gasteiger partial charge in [-0.05, 0) is 30.2 Å². The number of ketones is 1. The minimum Gasteiger partial charge on any atom is -0.380 e. The lowest BCUT2D eigenvalue weighted by Crippen LogP contribution is -2.03. The lowest BCUT2D eigenvalue weighted by molar-refractivity contribution is -0.116. The molecule has 0 aromatic heterocycles. The third kappa shape index (κ3) is 3.09. The van der Waals surface area contributed by atoms with Crippen molar-refractivity contribution in [3.05, 3.63) is 34.9 Å². The van der Waals surface area contributed by atoms with Crippen molar-refractivity contribution < 1.29 is 18.3 Å². The maximum Gasteiger partial charge on any atom is 0.162 e. The van der Waals surface area contributed by atoms with Gasteiger partial charge in [-0.3, -0.25) is 4.79 Å². The molecule has 1 rings (SSSR count). The van der Waals surface area contributed by atoms with E-state index in [1.165, 1.54) is 20.1 Å². The molecule has 0 aliphatic heterocycles. The highest BCUT2D eigenvalue weighted by Gasteiger charge is 2.12. The van der Waals surface area contributed by atoms with Crippen molar-refractivity contribution in [2.45, 2.75) is 20.0 Å². The summed E-state index contributed by atoms with van der Waals surface area (Å²) in [6.07, 6.45) is -0.0969. The van der Waals surface area contributed by atoms with Crippen LogP contribution in [0.15, 0.2) is 12.1 Å². The molecule has 2 nitrogen and oxygen atoms in total. The standard InChI is InChI=1S/C11H12F2O2/c1-7(14)3-9-4-8(6-15-2)5-10(12)11(9)13/h4-5H,3,6H2,1-2H3. The van der Waals surface area contributed by atoms with Gasteiger partial charge in [-0.2, -0.15) is 0 Å². The van der Waals surface area contributed by atoms with Gasteiger partial charge in [-0.1, -0.05) is 0 Å². The Morgan fingerprint density at radius 1 is 1.40 bits per heavy atom. The number of halogens is 2. The predicted octanol–water partition coefficient (Wildman–Crippen LogP) is 2.24. The van der Waals surface area contributed by atoms with Gasteiger partial charge in [0.25, 0.3) is 0 Å². The highest BCUT2D eigenvalue weighted by molar-refractivity contribution is 5.78. The van der Waals surface area contributed by atoms with E-state index in [2.05, 4.69) is 0 Å². The zero-order valence-corrected chi connectivity index (χ0v) is 8.64. The number of rotatable bonds is 4. The first-order valence-corrected chi connectivity index (χ1v) is 4.49. The van der Waals surface area contributed by atoms with Gasteiger partial charge in [-0.25, -0.2) is 8.78 Å². The number of carbonyl (C=O) groups is 1. The van der Waals surface area contributed by atoms with Crippen LogP contribution in [-0.4, -0.2) is 12.9 Å². The van der Waals surface area contributed by atoms with Crippen molar-refractivity contribution >= 4 is 5.78 Å². The van der Waals surface area contributed by atoms with Gasteiger partial charge in [0, 0.05) is 13.5 Å². The average molecular weight is 214 g/mol. The molecule has 4 heteroatoms. The molecule has 0 saturated carbocycles. The van der Waals surface area contributed by atoms with E-state index in [1.54, 1.807) is 0 Å². The van der Waals surface area contributed by atoms with E-state index in [9.17, 15) is 13.6 Å². The van der Waals surface area contributed by atoms with Crippen molar-refractivity contribution in [2.24, 2.45) is 0 Å². The fourth-order valence-corrected chi connectivity index (χ4v) is 1.36. The van der Waals surface area contributed by atoms with Crippen molar-refractivity contribution in [1.29, 1.82) is 0 Å². The van der Waals surface area contributed by atoms with Crippen LogP contribution in [0.2, 0.25) is 0 Å². The van der Waals surface area contributed by atoms with Crippen molar-refractivity contribution in [3.63, 3.8) is 0 Å². The van der Waals surface area contributed by atoms with Gasteiger partial charge in [0.05, 0.1) is 6.61 Å². The summed E-state index contributed by atoms with van der Waals surface area (Å²) in [5.74, 6) is -2.10. The molecular formula is C11H12F2O2. The third-order valence-corrected chi connectivity index (χ3v) is 1.91. The Balaban J connectivity index is 3.06. The van der Waals surface area contributed by atoms with Crippen LogP contribution < -0.4 is 0 Å². The van der Waals surface area contributed by atoms with Crippen LogP contribution in [0.1, 0.15) is 18.1 Å². The Morgan fingerprint density at radius 2 is 2.07 bits per heavy atom. The highest BCUT2D eigenvalue weighted by Crippen LogP contribution is 2.16. The Labute approximate surface area is 86.9 Å². The summed E-state index contributed by atoms with van der Waals surface area (Å²) in [4.78, 5) is 10.8. The van der Waals surface area contributed by atoms with Crippen molar-refractivity contribution in [2.75, 3.05) is 7.11 Å². The Bertz CT molecular complexity index is 375. The van der Waals surface area contributed by atoms with E-state index in [-0.39, 0.29) is 24.4 Å². The maximum absolute atomic E-state index is 13.2. The van der Waals surface area contributed by atoms with E-state index >= 15 is 0 Å². The molecule has 0 aliphatic rings. The largest absolute Gasteiger partial charge is 0.380 e. The average Bonchev–Trinajstić information content (AvgIpc) is 2.13. The molecule has 0 N–H and O–H groups in total. The summed E-state index contributed by atoms with van der Waals surface area (Å²) in [5.41, 5.74) is 0.599. The fraction of sp³-hybridized carbons (Fsp3) is 0.364. The molecule has 0 unspecified atom stereocenters. The van der Waals surface area contributed by atoms with Crippen LogP contribution in [0.3, 0.4) is 0 Å². The number of ether oxygens (including phenoxy) is 1. The van der Waals surface area contributed by atoms with E-state index in [4.69, 9.17) is 4.74 Å². The third-order valence-electron chi connectivity index (χ3n) is 1.91. The number of benzene rings is 1. The summed E-state index contributed by atoms with van der Waals surface area (Å²) < 4.78 is 31.1. The summed E-state index contributed by atoms with van der Waals surface area (Å²) >= 11 is 0. The van der Waals surface area contributed by atoms with Gasteiger partial charge in [0.15, 0.2) is 11.6 Å². The number of carbonyl (C=O) groups excluding carboxylic acids is 1. The molecule has 0 aliphatic carbocycles. The second-order valence-electron chi connectivity index (χ2n) is 3.36. The molecule has 1 aromatic carbocycles. The molecule has 1 aromatic rings. The van der Waals surface area contributed by atoms with Gasteiger partial charge >= 0.3 is 0 Å². The van der Waals surface area contributed by atoms with E-state index in [0.717, 1.165) is 6.07 Å². The first-order valence-electron chi connectivity index (χ1n) is 4.49. The fourth-order valence-electron chi connectivity index (χ4n) is 1.36. The van der Waals surface area contributed by atoms with Crippen LogP contribution in [0.4, 0.5) is 8.78 Å². The lowest BCUT2D eigenvalue weighted by atomic mass is 10.1. The van der Waals surface area contributed by atoms with Crippen LogP contribution >= 0.6 is 0 Å². The SMILES string of the molecule is COCc1cc(F)c(F)c(CC(C)=O)c1. The van der Waals surface area contributed by atoms with E-state index in [1.807, 2.05) is 0 Å². The zero-order valence-electron chi connectivity index (χ0n) is 8.64. The predicted molar refractivity (Wildman–Crippen MR) is 51.5 cm³/mol. The Hall–Kier alpha value is -1.29. The molecule has 0 heterocycles. The van der Waals surface area contributed by atoms with Crippen LogP contribution in [-0.2, 0) is 22.6 Å². The molecule has 0 spiro atoms. The smallest absolute Gasteiger partial charge is 0.162 e. The summed E-state index contributed by atoms with van der Waals surface area (Å²) in [7, 11) is 1.46. The van der Waals surface area contributed by atoms with Crippen molar-refractivity contribution in [3.8, 4) is 0 Å². The number of Topliss-reactive ketones (excluding diaryl/α,β-unsaturated/α-hetero) is 1. The molecule has 15 heavy (non-hydrogen) atoms. The topological polar surface area (TPSA) is 26.3 Å². The summed E-state index contributed by atoms with van der Waals surface area (Å²) in [6.45, 7) is 1.53. The Kier molecular flexibility index (Phi) is 3.91. The number of methoxy groups -OCH3 is 1. The van der Waals surface area contributed by atoms with Crippen molar-refractivity contribution in [1.82, 2.24) is 0 Å². The van der Waals surface area contributed by atoms with E-state index in [0.29, 0.717) is 5.56 Å². The number of hydrogen-bond donors (Lipinski definition) is 0.